The molecule has 0 saturated carbocycles. The van der Waals surface area contributed by atoms with Crippen LogP contribution < -0.4 is 4.57 Å². The molecule has 0 radical (unpaired) electrons. The van der Waals surface area contributed by atoms with E-state index < -0.39 is 0 Å². The molecule has 1 rings (SSSR count). The Balaban J connectivity index is 2.55. The molecule has 0 aliphatic rings. The smallest absolute Gasteiger partial charge is 0.170 e. The Kier molecular flexibility index (Phi) is 3.45. The Morgan fingerprint density at radius 3 is 2.46 bits per heavy atom. The van der Waals surface area contributed by atoms with E-state index in [2.05, 4.69) is 24.5 Å². The first-order chi connectivity index (χ1) is 6.22. The first-order valence-corrected chi connectivity index (χ1v) is 4.61. The molecule has 1 heterocycles. The molecule has 0 aromatic carbocycles. The number of hydrogen-bond acceptors (Lipinski definition) is 1. The van der Waals surface area contributed by atoms with Crippen molar-refractivity contribution in [2.24, 2.45) is 5.92 Å². The van der Waals surface area contributed by atoms with Crippen LogP contribution in [0.2, 0.25) is 0 Å². The largest absolute Gasteiger partial charge is 0.205 e. The lowest BCUT2D eigenvalue weighted by Gasteiger charge is -1.99. The number of hydrogen-bond donors (Lipinski definition) is 0. The predicted octanol–water partition coefficient (Wildman–Crippen LogP) is 1.89. The average molecular weight is 175 g/mol. The van der Waals surface area contributed by atoms with Crippen LogP contribution >= 0.6 is 0 Å². The third-order valence-electron chi connectivity index (χ3n) is 1.98. The van der Waals surface area contributed by atoms with Crippen LogP contribution in [0.4, 0.5) is 0 Å². The fourth-order valence-corrected chi connectivity index (χ4v) is 1.09. The molecule has 0 atom stereocenters. The second-order valence-electron chi connectivity index (χ2n) is 3.62. The Morgan fingerprint density at radius 2 is 2.00 bits per heavy atom. The van der Waals surface area contributed by atoms with Crippen molar-refractivity contribution in [2.45, 2.75) is 26.8 Å². The highest BCUT2D eigenvalue weighted by Gasteiger charge is 2.01. The van der Waals surface area contributed by atoms with Crippen LogP contribution in [0.5, 0.6) is 0 Å². The van der Waals surface area contributed by atoms with Gasteiger partial charge in [0.15, 0.2) is 12.4 Å². The molecule has 0 bridgehead atoms. The maximum absolute atomic E-state index is 8.59. The molecule has 2 nitrogen and oxygen atoms in total. The van der Waals surface area contributed by atoms with E-state index in [0.717, 1.165) is 18.0 Å². The summed E-state index contributed by atoms with van der Waals surface area (Å²) in [4.78, 5) is 0. The van der Waals surface area contributed by atoms with Crippen molar-refractivity contribution in [3.63, 3.8) is 0 Å². The summed E-state index contributed by atoms with van der Waals surface area (Å²) in [7, 11) is 0. The number of pyridine rings is 1. The minimum absolute atomic E-state index is 0.723. The molecule has 0 N–H and O–H groups in total. The van der Waals surface area contributed by atoms with Gasteiger partial charge in [-0.05, 0) is 5.92 Å². The van der Waals surface area contributed by atoms with Gasteiger partial charge in [-0.15, -0.1) is 0 Å². The van der Waals surface area contributed by atoms with E-state index in [1.165, 1.54) is 6.42 Å². The number of aromatic nitrogens is 1. The minimum Gasteiger partial charge on any atom is -0.205 e. The van der Waals surface area contributed by atoms with Crippen molar-refractivity contribution in [1.82, 2.24) is 0 Å². The molecule has 68 valence electrons. The first kappa shape index (κ1) is 9.73. The molecule has 13 heavy (non-hydrogen) atoms. The summed E-state index contributed by atoms with van der Waals surface area (Å²) in [5.41, 5.74) is 0.723. The molecule has 1 aromatic heterocycles. The van der Waals surface area contributed by atoms with E-state index in [1.54, 1.807) is 0 Å². The topological polar surface area (TPSA) is 27.7 Å². The van der Waals surface area contributed by atoms with Crippen molar-refractivity contribution in [3.05, 3.63) is 30.1 Å². The van der Waals surface area contributed by atoms with Crippen LogP contribution in [-0.4, -0.2) is 0 Å². The van der Waals surface area contributed by atoms with E-state index in [9.17, 15) is 0 Å². The molecule has 1 aromatic rings. The van der Waals surface area contributed by atoms with Crippen LogP contribution in [0.15, 0.2) is 24.5 Å². The summed E-state index contributed by atoms with van der Waals surface area (Å²) >= 11 is 0. The molecule has 0 aliphatic heterocycles. The van der Waals surface area contributed by atoms with Crippen molar-refractivity contribution in [1.29, 1.82) is 5.26 Å². The van der Waals surface area contributed by atoms with Gasteiger partial charge in [-0.1, -0.05) is 13.8 Å². The highest BCUT2D eigenvalue weighted by molar-refractivity contribution is 5.23. The van der Waals surface area contributed by atoms with Gasteiger partial charge in [0.1, 0.15) is 6.54 Å². The Labute approximate surface area is 79.4 Å². The van der Waals surface area contributed by atoms with E-state index in [-0.39, 0.29) is 0 Å². The SMILES string of the molecule is CC(C)CC[n+]1ccc(C#N)cc1. The molecule has 0 fully saturated rings. The van der Waals surface area contributed by atoms with Gasteiger partial charge in [0.2, 0.25) is 0 Å². The van der Waals surface area contributed by atoms with Crippen LogP contribution in [0, 0.1) is 17.2 Å². The third kappa shape index (κ3) is 3.25. The lowest BCUT2D eigenvalue weighted by molar-refractivity contribution is -0.698. The van der Waals surface area contributed by atoms with Gasteiger partial charge in [-0.25, -0.2) is 4.57 Å². The maximum Gasteiger partial charge on any atom is 0.170 e. The zero-order chi connectivity index (χ0) is 9.68. The lowest BCUT2D eigenvalue weighted by atomic mass is 10.1. The Bertz CT molecular complexity index is 293. The molecule has 2 heteroatoms. The summed E-state index contributed by atoms with van der Waals surface area (Å²) in [6.07, 6.45) is 5.10. The van der Waals surface area contributed by atoms with Gasteiger partial charge in [0.25, 0.3) is 0 Å². The summed E-state index contributed by atoms with van der Waals surface area (Å²) in [6.45, 7) is 5.46. The fourth-order valence-electron chi connectivity index (χ4n) is 1.09. The highest BCUT2D eigenvalue weighted by atomic mass is 14.9. The van der Waals surface area contributed by atoms with E-state index in [1.807, 2.05) is 24.5 Å². The fraction of sp³-hybridized carbons (Fsp3) is 0.455. The van der Waals surface area contributed by atoms with Gasteiger partial charge in [0.05, 0.1) is 11.6 Å². The number of rotatable bonds is 3. The van der Waals surface area contributed by atoms with E-state index in [4.69, 9.17) is 5.26 Å². The molecular weight excluding hydrogens is 160 g/mol. The summed E-state index contributed by atoms with van der Waals surface area (Å²) in [5, 5.41) is 8.59. The lowest BCUT2D eigenvalue weighted by Crippen LogP contribution is -2.33. The molecule has 0 spiro atoms. The quantitative estimate of drug-likeness (QED) is 0.645. The van der Waals surface area contributed by atoms with Crippen LogP contribution in [-0.2, 0) is 6.54 Å². The second kappa shape index (κ2) is 4.61. The average Bonchev–Trinajstić information content (AvgIpc) is 2.15. The van der Waals surface area contributed by atoms with Gasteiger partial charge in [-0.2, -0.15) is 5.26 Å². The first-order valence-electron chi connectivity index (χ1n) is 4.61. The summed E-state index contributed by atoms with van der Waals surface area (Å²) in [6, 6.07) is 5.80. The van der Waals surface area contributed by atoms with Crippen LogP contribution in [0.25, 0.3) is 0 Å². The normalized spacial score (nSPS) is 10.0. The molecule has 0 amide bonds. The van der Waals surface area contributed by atoms with Crippen molar-refractivity contribution in [3.8, 4) is 6.07 Å². The van der Waals surface area contributed by atoms with Gasteiger partial charge >= 0.3 is 0 Å². The summed E-state index contributed by atoms with van der Waals surface area (Å²) in [5.74, 6) is 0.725. The number of aryl methyl sites for hydroxylation is 1. The summed E-state index contributed by atoms with van der Waals surface area (Å²) < 4.78 is 2.11. The molecule has 0 unspecified atom stereocenters. The van der Waals surface area contributed by atoms with Gasteiger partial charge in [-0.3, -0.25) is 0 Å². The highest BCUT2D eigenvalue weighted by Crippen LogP contribution is 1.98. The van der Waals surface area contributed by atoms with E-state index >= 15 is 0 Å². The third-order valence-corrected chi connectivity index (χ3v) is 1.98. The zero-order valence-corrected chi connectivity index (χ0v) is 8.20. The predicted molar refractivity (Wildman–Crippen MR) is 50.8 cm³/mol. The molecule has 0 saturated heterocycles. The standard InChI is InChI=1S/C11H15N2/c1-10(2)3-6-13-7-4-11(9-12)5-8-13/h4-5,7-8,10H,3,6H2,1-2H3/q+1. The zero-order valence-electron chi connectivity index (χ0n) is 8.20. The van der Waals surface area contributed by atoms with Crippen molar-refractivity contribution >= 4 is 0 Å². The maximum atomic E-state index is 8.59. The number of nitriles is 1. The minimum atomic E-state index is 0.723. The van der Waals surface area contributed by atoms with Crippen molar-refractivity contribution in [2.75, 3.05) is 0 Å². The Morgan fingerprint density at radius 1 is 1.38 bits per heavy atom. The van der Waals surface area contributed by atoms with Crippen LogP contribution in [0.3, 0.4) is 0 Å². The van der Waals surface area contributed by atoms with E-state index in [0.29, 0.717) is 0 Å². The molecular formula is C11H15N2+. The van der Waals surface area contributed by atoms with Gasteiger partial charge in [0, 0.05) is 18.6 Å². The molecule has 0 aliphatic carbocycles. The van der Waals surface area contributed by atoms with Crippen LogP contribution in [0.1, 0.15) is 25.8 Å². The van der Waals surface area contributed by atoms with Crippen molar-refractivity contribution < 1.29 is 4.57 Å². The monoisotopic (exact) mass is 175 g/mol. The Hall–Kier alpha value is -1.36. The number of nitrogens with zero attached hydrogens (tertiary/aromatic N) is 2. The second-order valence-corrected chi connectivity index (χ2v) is 3.62. The van der Waals surface area contributed by atoms with Gasteiger partial charge < -0.3 is 0 Å².